The maximum Gasteiger partial charge on any atom is 0.250 e. The standard InChI is InChI=1S/C15H19FN2O2/c1-9(2)7-13-15(20)18(10(3)14(19)17-13)12-6-4-5-11(16)8-12/h4-6,8-10,13H,7H2,1-3H3,(H,17,19). The predicted octanol–water partition coefficient (Wildman–Crippen LogP) is 2.09. The summed E-state index contributed by atoms with van der Waals surface area (Å²) in [4.78, 5) is 25.9. The van der Waals surface area contributed by atoms with E-state index >= 15 is 0 Å². The van der Waals surface area contributed by atoms with E-state index in [4.69, 9.17) is 0 Å². The van der Waals surface area contributed by atoms with Crippen molar-refractivity contribution in [1.29, 1.82) is 0 Å². The maximum atomic E-state index is 13.3. The Morgan fingerprint density at radius 3 is 2.65 bits per heavy atom. The second-order valence-corrected chi connectivity index (χ2v) is 5.55. The van der Waals surface area contributed by atoms with Crippen LogP contribution in [0, 0.1) is 11.7 Å². The third-order valence-electron chi connectivity index (χ3n) is 3.41. The van der Waals surface area contributed by atoms with E-state index in [-0.39, 0.29) is 17.7 Å². The van der Waals surface area contributed by atoms with E-state index in [1.807, 2.05) is 13.8 Å². The third-order valence-corrected chi connectivity index (χ3v) is 3.41. The van der Waals surface area contributed by atoms with Crippen molar-refractivity contribution >= 4 is 17.5 Å². The summed E-state index contributed by atoms with van der Waals surface area (Å²) in [5, 5.41) is 2.74. The number of benzene rings is 1. The van der Waals surface area contributed by atoms with E-state index in [1.54, 1.807) is 13.0 Å². The summed E-state index contributed by atoms with van der Waals surface area (Å²) in [6.45, 7) is 5.62. The van der Waals surface area contributed by atoms with Crippen molar-refractivity contribution in [2.75, 3.05) is 4.90 Å². The molecule has 2 unspecified atom stereocenters. The zero-order valence-corrected chi connectivity index (χ0v) is 11.9. The zero-order chi connectivity index (χ0) is 14.9. The number of piperazine rings is 1. The van der Waals surface area contributed by atoms with Crippen LogP contribution in [0.3, 0.4) is 0 Å². The average molecular weight is 278 g/mol. The van der Waals surface area contributed by atoms with Crippen LogP contribution in [0.5, 0.6) is 0 Å². The van der Waals surface area contributed by atoms with Gasteiger partial charge in [-0.2, -0.15) is 0 Å². The fourth-order valence-corrected chi connectivity index (χ4v) is 2.44. The highest BCUT2D eigenvalue weighted by Crippen LogP contribution is 2.24. The lowest BCUT2D eigenvalue weighted by Gasteiger charge is -2.37. The molecule has 20 heavy (non-hydrogen) atoms. The molecule has 1 saturated heterocycles. The summed E-state index contributed by atoms with van der Waals surface area (Å²) in [7, 11) is 0. The lowest BCUT2D eigenvalue weighted by molar-refractivity contribution is -0.133. The Bertz CT molecular complexity index is 530. The van der Waals surface area contributed by atoms with Gasteiger partial charge in [0.25, 0.3) is 0 Å². The highest BCUT2D eigenvalue weighted by Gasteiger charge is 2.39. The number of carbonyl (C=O) groups is 2. The maximum absolute atomic E-state index is 13.3. The average Bonchev–Trinajstić information content (AvgIpc) is 2.36. The summed E-state index contributed by atoms with van der Waals surface area (Å²) < 4.78 is 13.3. The van der Waals surface area contributed by atoms with Gasteiger partial charge in [0.2, 0.25) is 11.8 Å². The summed E-state index contributed by atoms with van der Waals surface area (Å²) >= 11 is 0. The van der Waals surface area contributed by atoms with Crippen molar-refractivity contribution in [2.24, 2.45) is 5.92 Å². The van der Waals surface area contributed by atoms with Gasteiger partial charge in [0.05, 0.1) is 0 Å². The quantitative estimate of drug-likeness (QED) is 0.920. The smallest absolute Gasteiger partial charge is 0.250 e. The fraction of sp³-hybridized carbons (Fsp3) is 0.467. The van der Waals surface area contributed by atoms with Gasteiger partial charge in [-0.05, 0) is 37.5 Å². The predicted molar refractivity (Wildman–Crippen MR) is 74.7 cm³/mol. The number of hydrogen-bond donors (Lipinski definition) is 1. The monoisotopic (exact) mass is 278 g/mol. The molecular formula is C15H19FN2O2. The molecule has 2 amide bonds. The van der Waals surface area contributed by atoms with Crippen molar-refractivity contribution in [3.05, 3.63) is 30.1 Å². The first-order valence-corrected chi connectivity index (χ1v) is 6.79. The first-order valence-electron chi connectivity index (χ1n) is 6.79. The molecule has 5 heteroatoms. The highest BCUT2D eigenvalue weighted by atomic mass is 19.1. The van der Waals surface area contributed by atoms with Crippen LogP contribution < -0.4 is 10.2 Å². The molecule has 1 aliphatic rings. The van der Waals surface area contributed by atoms with E-state index in [0.717, 1.165) is 0 Å². The molecule has 1 aromatic carbocycles. The molecular weight excluding hydrogens is 259 g/mol. The molecule has 1 N–H and O–H groups in total. The molecule has 0 radical (unpaired) electrons. The van der Waals surface area contributed by atoms with E-state index in [1.165, 1.54) is 23.1 Å². The molecule has 0 bridgehead atoms. The van der Waals surface area contributed by atoms with Crippen LogP contribution in [0.2, 0.25) is 0 Å². The Morgan fingerprint density at radius 2 is 2.05 bits per heavy atom. The zero-order valence-electron chi connectivity index (χ0n) is 11.9. The van der Waals surface area contributed by atoms with Crippen LogP contribution >= 0.6 is 0 Å². The van der Waals surface area contributed by atoms with E-state index in [0.29, 0.717) is 12.1 Å². The molecule has 1 aliphatic heterocycles. The van der Waals surface area contributed by atoms with Crippen LogP contribution in [0.4, 0.5) is 10.1 Å². The Morgan fingerprint density at radius 1 is 1.35 bits per heavy atom. The Balaban J connectivity index is 2.33. The van der Waals surface area contributed by atoms with Crippen LogP contribution in [-0.4, -0.2) is 23.9 Å². The minimum atomic E-state index is -0.632. The molecule has 1 heterocycles. The normalized spacial score (nSPS) is 23.1. The van der Waals surface area contributed by atoms with Crippen LogP contribution in [-0.2, 0) is 9.59 Å². The molecule has 0 saturated carbocycles. The van der Waals surface area contributed by atoms with E-state index in [2.05, 4.69) is 5.32 Å². The van der Waals surface area contributed by atoms with Crippen molar-refractivity contribution in [1.82, 2.24) is 5.32 Å². The van der Waals surface area contributed by atoms with Crippen molar-refractivity contribution in [3.8, 4) is 0 Å². The minimum absolute atomic E-state index is 0.184. The van der Waals surface area contributed by atoms with Crippen molar-refractivity contribution < 1.29 is 14.0 Å². The lowest BCUT2D eigenvalue weighted by Crippen LogP contribution is -2.63. The molecule has 1 fully saturated rings. The van der Waals surface area contributed by atoms with E-state index < -0.39 is 17.9 Å². The fourth-order valence-electron chi connectivity index (χ4n) is 2.44. The molecule has 0 spiro atoms. The summed E-state index contributed by atoms with van der Waals surface area (Å²) in [5.74, 6) is -0.531. The lowest BCUT2D eigenvalue weighted by atomic mass is 9.98. The molecule has 0 aliphatic carbocycles. The van der Waals surface area contributed by atoms with Crippen LogP contribution in [0.1, 0.15) is 27.2 Å². The van der Waals surface area contributed by atoms with E-state index in [9.17, 15) is 14.0 Å². The highest BCUT2D eigenvalue weighted by molar-refractivity contribution is 6.08. The minimum Gasteiger partial charge on any atom is -0.342 e. The van der Waals surface area contributed by atoms with Gasteiger partial charge < -0.3 is 5.32 Å². The molecule has 108 valence electrons. The number of anilines is 1. The third kappa shape index (κ3) is 2.81. The number of halogens is 1. The molecule has 2 atom stereocenters. The van der Waals surface area contributed by atoms with Gasteiger partial charge in [-0.25, -0.2) is 4.39 Å². The van der Waals surface area contributed by atoms with Gasteiger partial charge in [0.1, 0.15) is 17.9 Å². The molecule has 1 aromatic rings. The summed E-state index contributed by atoms with van der Waals surface area (Å²) in [6, 6.07) is 4.60. The number of hydrogen-bond acceptors (Lipinski definition) is 2. The number of rotatable bonds is 3. The van der Waals surface area contributed by atoms with Crippen LogP contribution in [0.25, 0.3) is 0 Å². The number of nitrogens with one attached hydrogen (secondary N) is 1. The van der Waals surface area contributed by atoms with Gasteiger partial charge in [-0.15, -0.1) is 0 Å². The summed E-state index contributed by atoms with van der Waals surface area (Å²) in [6.07, 6.45) is 0.573. The Kier molecular flexibility index (Phi) is 4.06. The van der Waals surface area contributed by atoms with Gasteiger partial charge in [0, 0.05) is 5.69 Å². The summed E-state index contributed by atoms with van der Waals surface area (Å²) in [5.41, 5.74) is 0.422. The number of amides is 2. The topological polar surface area (TPSA) is 49.4 Å². The Hall–Kier alpha value is -1.91. The first kappa shape index (κ1) is 14.5. The molecule has 2 rings (SSSR count). The van der Waals surface area contributed by atoms with Crippen molar-refractivity contribution in [3.63, 3.8) is 0 Å². The second kappa shape index (κ2) is 5.61. The van der Waals surface area contributed by atoms with Gasteiger partial charge in [-0.1, -0.05) is 19.9 Å². The van der Waals surface area contributed by atoms with Gasteiger partial charge in [0.15, 0.2) is 0 Å². The SMILES string of the molecule is CC(C)CC1NC(=O)C(C)N(c2cccc(F)c2)C1=O. The molecule has 0 aromatic heterocycles. The van der Waals surface area contributed by atoms with Gasteiger partial charge >= 0.3 is 0 Å². The first-order chi connectivity index (χ1) is 9.40. The second-order valence-electron chi connectivity index (χ2n) is 5.55. The largest absolute Gasteiger partial charge is 0.342 e. The van der Waals surface area contributed by atoms with Crippen molar-refractivity contribution in [2.45, 2.75) is 39.3 Å². The van der Waals surface area contributed by atoms with Gasteiger partial charge in [-0.3, -0.25) is 14.5 Å². The Labute approximate surface area is 118 Å². The molecule has 4 nitrogen and oxygen atoms in total. The number of carbonyl (C=O) groups excluding carboxylic acids is 2. The van der Waals surface area contributed by atoms with Crippen LogP contribution in [0.15, 0.2) is 24.3 Å². The number of nitrogens with zero attached hydrogens (tertiary/aromatic N) is 1.